The second-order valence-electron chi connectivity index (χ2n) is 3.07. The highest BCUT2D eigenvalue weighted by molar-refractivity contribution is 14.1. The Hall–Kier alpha value is -0.350. The molecule has 0 spiro atoms. The lowest BCUT2D eigenvalue weighted by Crippen LogP contribution is -2.08. The number of esters is 1. The fourth-order valence-electron chi connectivity index (χ4n) is 1.09. The van der Waals surface area contributed by atoms with Crippen LogP contribution in [0.15, 0.2) is 23.1 Å². The Labute approximate surface area is 117 Å². The number of ether oxygens (including phenoxy) is 1. The molecule has 0 fully saturated rings. The molecule has 0 radical (unpaired) electrons. The van der Waals surface area contributed by atoms with Crippen LogP contribution >= 0.6 is 34.6 Å². The van der Waals surface area contributed by atoms with Crippen LogP contribution in [0.4, 0.5) is 0 Å². The van der Waals surface area contributed by atoms with Gasteiger partial charge in [0.05, 0.1) is 18.5 Å². The molecule has 7 heteroatoms. The van der Waals surface area contributed by atoms with Crippen LogP contribution in [0.1, 0.15) is 12.0 Å². The summed E-state index contributed by atoms with van der Waals surface area (Å²) in [6.45, 7) is 1.83. The van der Waals surface area contributed by atoms with Crippen LogP contribution in [-0.4, -0.2) is 15.7 Å². The SMILES string of the molecule is Cc1cc(OC(=O)CCI)ccc1SOOO. The summed E-state index contributed by atoms with van der Waals surface area (Å²) in [4.78, 5) is 12.0. The average molecular weight is 370 g/mol. The van der Waals surface area contributed by atoms with Gasteiger partial charge in [-0.25, -0.2) is 5.26 Å². The minimum Gasteiger partial charge on any atom is -0.426 e. The molecule has 0 atom stereocenters. The Bertz CT molecular complexity index is 385. The molecule has 1 aromatic carbocycles. The number of carbonyl (C=O) groups excluding carboxylic acids is 1. The Kier molecular flexibility index (Phi) is 6.82. The van der Waals surface area contributed by atoms with E-state index < -0.39 is 0 Å². The topological polar surface area (TPSA) is 65.0 Å². The third-order valence-electron chi connectivity index (χ3n) is 1.83. The van der Waals surface area contributed by atoms with Crippen LogP contribution in [0, 0.1) is 6.92 Å². The van der Waals surface area contributed by atoms with Crippen molar-refractivity contribution >= 4 is 40.6 Å². The molecule has 17 heavy (non-hydrogen) atoms. The van der Waals surface area contributed by atoms with Crippen molar-refractivity contribution in [3.63, 3.8) is 0 Å². The lowest BCUT2D eigenvalue weighted by molar-refractivity contribution is -0.432. The number of hydrogen-bond donors (Lipinski definition) is 1. The minimum atomic E-state index is -0.255. The molecule has 0 unspecified atom stereocenters. The third kappa shape index (κ3) is 5.21. The van der Waals surface area contributed by atoms with Crippen molar-refractivity contribution in [1.29, 1.82) is 0 Å². The summed E-state index contributed by atoms with van der Waals surface area (Å²) in [6, 6.07) is 5.08. The van der Waals surface area contributed by atoms with Gasteiger partial charge in [-0.1, -0.05) is 27.6 Å². The van der Waals surface area contributed by atoms with Crippen molar-refractivity contribution in [3.8, 4) is 5.75 Å². The maximum atomic E-state index is 11.3. The highest BCUT2D eigenvalue weighted by atomic mass is 127. The lowest BCUT2D eigenvalue weighted by atomic mass is 10.2. The molecular weight excluding hydrogens is 359 g/mol. The highest BCUT2D eigenvalue weighted by Gasteiger charge is 2.07. The van der Waals surface area contributed by atoms with Crippen LogP contribution in [0.25, 0.3) is 0 Å². The van der Waals surface area contributed by atoms with Gasteiger partial charge in [-0.2, -0.15) is 0 Å². The molecule has 0 aliphatic carbocycles. The Morgan fingerprint density at radius 3 is 2.88 bits per heavy atom. The van der Waals surface area contributed by atoms with Crippen LogP contribution < -0.4 is 4.74 Å². The molecule has 1 rings (SSSR count). The van der Waals surface area contributed by atoms with Gasteiger partial charge in [-0.15, -0.1) is 4.33 Å². The van der Waals surface area contributed by atoms with Crippen molar-refractivity contribution < 1.29 is 24.2 Å². The van der Waals surface area contributed by atoms with Gasteiger partial charge in [0.2, 0.25) is 0 Å². The Morgan fingerprint density at radius 1 is 1.53 bits per heavy atom. The maximum absolute atomic E-state index is 11.3. The molecule has 1 N–H and O–H groups in total. The molecule has 1 aromatic rings. The van der Waals surface area contributed by atoms with Gasteiger partial charge in [-0.05, 0) is 30.7 Å². The van der Waals surface area contributed by atoms with Crippen molar-refractivity contribution in [1.82, 2.24) is 0 Å². The fourth-order valence-corrected chi connectivity index (χ4v) is 1.95. The predicted octanol–water partition coefficient (Wildman–Crippen LogP) is 3.15. The second-order valence-corrected chi connectivity index (χ2v) is 4.89. The zero-order valence-corrected chi connectivity index (χ0v) is 12.0. The number of hydrogen-bond acceptors (Lipinski definition) is 6. The number of carbonyl (C=O) groups is 1. The molecule has 0 amide bonds. The van der Waals surface area contributed by atoms with E-state index in [1.807, 2.05) is 6.92 Å². The summed E-state index contributed by atoms with van der Waals surface area (Å²) in [5.74, 6) is 0.237. The third-order valence-corrected chi connectivity index (χ3v) is 3.14. The zero-order valence-electron chi connectivity index (χ0n) is 9.01. The van der Waals surface area contributed by atoms with Crippen LogP contribution in [0.3, 0.4) is 0 Å². The summed E-state index contributed by atoms with van der Waals surface area (Å²) in [6.07, 6.45) is 0.386. The van der Waals surface area contributed by atoms with E-state index in [2.05, 4.69) is 32.0 Å². The van der Waals surface area contributed by atoms with E-state index in [9.17, 15) is 4.79 Å². The van der Waals surface area contributed by atoms with Gasteiger partial charge in [0, 0.05) is 9.32 Å². The highest BCUT2D eigenvalue weighted by Crippen LogP contribution is 2.26. The van der Waals surface area contributed by atoms with Crippen molar-refractivity contribution in [2.24, 2.45) is 0 Å². The minimum absolute atomic E-state index is 0.255. The van der Waals surface area contributed by atoms with Gasteiger partial charge in [0.15, 0.2) is 0 Å². The lowest BCUT2D eigenvalue weighted by Gasteiger charge is -2.06. The molecule has 0 bridgehead atoms. The van der Waals surface area contributed by atoms with E-state index in [1.54, 1.807) is 18.2 Å². The van der Waals surface area contributed by atoms with E-state index in [0.29, 0.717) is 12.2 Å². The molecule has 94 valence electrons. The van der Waals surface area contributed by atoms with E-state index in [4.69, 9.17) is 9.99 Å². The monoisotopic (exact) mass is 370 g/mol. The van der Waals surface area contributed by atoms with E-state index in [0.717, 1.165) is 26.9 Å². The van der Waals surface area contributed by atoms with Crippen LogP contribution in [-0.2, 0) is 14.2 Å². The van der Waals surface area contributed by atoms with E-state index in [-0.39, 0.29) is 5.97 Å². The molecule has 5 nitrogen and oxygen atoms in total. The first-order valence-electron chi connectivity index (χ1n) is 4.69. The normalized spacial score (nSPS) is 10.3. The smallest absolute Gasteiger partial charge is 0.311 e. The molecular formula is C10H11IO5S. The maximum Gasteiger partial charge on any atom is 0.311 e. The van der Waals surface area contributed by atoms with E-state index >= 15 is 0 Å². The molecule has 0 aliphatic rings. The number of aryl methyl sites for hydroxylation is 1. The fraction of sp³-hybridized carbons (Fsp3) is 0.300. The molecule has 0 aliphatic heterocycles. The first kappa shape index (κ1) is 14.7. The summed E-state index contributed by atoms with van der Waals surface area (Å²) < 4.78 is 10.2. The van der Waals surface area contributed by atoms with E-state index in [1.165, 1.54) is 0 Å². The second kappa shape index (κ2) is 7.88. The number of halogens is 1. The van der Waals surface area contributed by atoms with Crippen LogP contribution in [0.5, 0.6) is 5.75 Å². The summed E-state index contributed by atoms with van der Waals surface area (Å²) in [5, 5.41) is 11.5. The van der Waals surface area contributed by atoms with Gasteiger partial charge < -0.3 is 4.74 Å². The largest absolute Gasteiger partial charge is 0.426 e. The summed E-state index contributed by atoms with van der Waals surface area (Å²) in [5.41, 5.74) is 0.854. The zero-order chi connectivity index (χ0) is 12.7. The van der Waals surface area contributed by atoms with Crippen LogP contribution in [0.2, 0.25) is 0 Å². The number of rotatable bonds is 6. The van der Waals surface area contributed by atoms with Gasteiger partial charge in [0.25, 0.3) is 0 Å². The first-order chi connectivity index (χ1) is 8.17. The molecule has 0 saturated heterocycles. The predicted molar refractivity (Wildman–Crippen MR) is 71.0 cm³/mol. The summed E-state index contributed by atoms with van der Waals surface area (Å²) in [7, 11) is 0. The summed E-state index contributed by atoms with van der Waals surface area (Å²) >= 11 is 2.99. The van der Waals surface area contributed by atoms with Gasteiger partial charge in [-0.3, -0.25) is 4.79 Å². The van der Waals surface area contributed by atoms with Crippen molar-refractivity contribution in [2.75, 3.05) is 4.43 Å². The standard InChI is InChI=1S/C10H11IO5S/c1-7-6-8(14-10(12)4-5-11)2-3-9(7)17-16-15-13/h2-3,6,13H,4-5H2,1H3. The Morgan fingerprint density at radius 2 is 2.29 bits per heavy atom. The van der Waals surface area contributed by atoms with Gasteiger partial charge in [0.1, 0.15) is 5.75 Å². The van der Waals surface area contributed by atoms with Crippen molar-refractivity contribution in [2.45, 2.75) is 18.2 Å². The molecule has 0 aromatic heterocycles. The van der Waals surface area contributed by atoms with Crippen molar-refractivity contribution in [3.05, 3.63) is 23.8 Å². The first-order valence-corrected chi connectivity index (χ1v) is 6.96. The quantitative estimate of drug-likeness (QED) is 0.158. The Balaban J connectivity index is 2.64. The number of benzene rings is 1. The molecule has 0 heterocycles. The number of alkyl halides is 1. The molecule has 0 saturated carbocycles. The average Bonchev–Trinajstić information content (AvgIpc) is 2.28. The van der Waals surface area contributed by atoms with Gasteiger partial charge >= 0.3 is 5.97 Å².